The molecule has 114 valence electrons. The van der Waals surface area contributed by atoms with E-state index >= 15 is 0 Å². The zero-order chi connectivity index (χ0) is 14.1. The summed E-state index contributed by atoms with van der Waals surface area (Å²) < 4.78 is 0. The second kappa shape index (κ2) is 6.37. The summed E-state index contributed by atoms with van der Waals surface area (Å²) >= 11 is 3.51. The Hall–Kier alpha value is -0.0500. The molecule has 1 amide bonds. The molecule has 4 aliphatic carbocycles. The van der Waals surface area contributed by atoms with E-state index < -0.39 is 0 Å². The second-order valence-corrected chi connectivity index (χ2v) is 8.25. The van der Waals surface area contributed by atoms with Crippen molar-refractivity contribution < 1.29 is 4.79 Å². The molecule has 1 atom stereocenters. The Labute approximate surface area is 131 Å². The van der Waals surface area contributed by atoms with Gasteiger partial charge in [0.1, 0.15) is 0 Å². The Bertz CT molecular complexity index is 329. The molecule has 0 spiro atoms. The summed E-state index contributed by atoms with van der Waals surface area (Å²) in [6.07, 6.45) is 9.14. The fourth-order valence-electron chi connectivity index (χ4n) is 5.32. The van der Waals surface area contributed by atoms with Crippen molar-refractivity contribution in [2.24, 2.45) is 35.5 Å². The van der Waals surface area contributed by atoms with Crippen LogP contribution >= 0.6 is 15.9 Å². The minimum Gasteiger partial charge on any atom is -0.356 e. The highest BCUT2D eigenvalue weighted by Gasteiger charge is 2.50. The van der Waals surface area contributed by atoms with Crippen molar-refractivity contribution in [1.29, 1.82) is 0 Å². The van der Waals surface area contributed by atoms with Crippen LogP contribution in [0.5, 0.6) is 0 Å². The highest BCUT2D eigenvalue weighted by Crippen LogP contribution is 2.56. The maximum atomic E-state index is 12.6. The first-order valence-electron chi connectivity index (χ1n) is 8.54. The lowest BCUT2D eigenvalue weighted by atomic mass is 9.51. The lowest BCUT2D eigenvalue weighted by molar-refractivity contribution is -0.138. The highest BCUT2D eigenvalue weighted by atomic mass is 79.9. The molecule has 1 unspecified atom stereocenters. The van der Waals surface area contributed by atoms with Gasteiger partial charge in [-0.25, -0.2) is 0 Å². The normalized spacial score (nSPS) is 39.8. The van der Waals surface area contributed by atoms with Crippen LogP contribution in [0.25, 0.3) is 0 Å². The van der Waals surface area contributed by atoms with Gasteiger partial charge in [-0.2, -0.15) is 0 Å². The Morgan fingerprint density at radius 2 is 1.75 bits per heavy atom. The summed E-state index contributed by atoms with van der Waals surface area (Å²) in [6.45, 7) is 3.10. The molecule has 3 heteroatoms. The van der Waals surface area contributed by atoms with Gasteiger partial charge in [0.05, 0.1) is 0 Å². The molecule has 4 saturated carbocycles. The van der Waals surface area contributed by atoms with Crippen molar-refractivity contribution in [3.05, 3.63) is 0 Å². The molecule has 0 radical (unpaired) electrons. The predicted octanol–water partition coefficient (Wildman–Crippen LogP) is 3.99. The van der Waals surface area contributed by atoms with Crippen LogP contribution in [0.4, 0.5) is 0 Å². The average Bonchev–Trinajstić information content (AvgIpc) is 2.42. The summed E-state index contributed by atoms with van der Waals surface area (Å²) in [5.74, 6) is 4.70. The van der Waals surface area contributed by atoms with Gasteiger partial charge in [-0.3, -0.25) is 4.79 Å². The van der Waals surface area contributed by atoms with Crippen LogP contribution < -0.4 is 5.32 Å². The van der Waals surface area contributed by atoms with Crippen molar-refractivity contribution in [3.8, 4) is 0 Å². The number of hydrogen-bond donors (Lipinski definition) is 1. The fraction of sp³-hybridized carbons (Fsp3) is 0.941. The van der Waals surface area contributed by atoms with Crippen LogP contribution in [0, 0.1) is 35.5 Å². The lowest BCUT2D eigenvalue weighted by Gasteiger charge is -2.53. The number of nitrogens with one attached hydrogen (secondary N) is 1. The smallest absolute Gasteiger partial charge is 0.223 e. The third kappa shape index (κ3) is 2.93. The van der Waals surface area contributed by atoms with E-state index in [1.807, 2.05) is 0 Å². The number of carbonyl (C=O) groups is 1. The molecule has 0 aromatic carbocycles. The van der Waals surface area contributed by atoms with Crippen LogP contribution in [0.1, 0.15) is 51.9 Å². The summed E-state index contributed by atoms with van der Waals surface area (Å²) in [5, 5.41) is 4.33. The van der Waals surface area contributed by atoms with E-state index in [2.05, 4.69) is 28.2 Å². The minimum atomic E-state index is 0.351. The zero-order valence-corrected chi connectivity index (χ0v) is 14.2. The predicted molar refractivity (Wildman–Crippen MR) is 85.7 cm³/mol. The third-order valence-electron chi connectivity index (χ3n) is 6.19. The van der Waals surface area contributed by atoms with Gasteiger partial charge in [-0.15, -0.1) is 0 Å². The Kier molecular flexibility index (Phi) is 4.74. The standard InChI is InChI=1S/C17H28BrNO/c1-2-11(3-4-18)10-19-17(20)16-14-6-12-5-13(8-14)9-15(16)7-12/h11-16H,2-10H2,1H3,(H,19,20). The van der Waals surface area contributed by atoms with Crippen molar-refractivity contribution >= 4 is 21.8 Å². The van der Waals surface area contributed by atoms with E-state index in [1.54, 1.807) is 0 Å². The number of rotatable bonds is 6. The quantitative estimate of drug-likeness (QED) is 0.727. The lowest BCUT2D eigenvalue weighted by Crippen LogP contribution is -2.51. The van der Waals surface area contributed by atoms with Crippen LogP contribution in [0.3, 0.4) is 0 Å². The van der Waals surface area contributed by atoms with Crippen molar-refractivity contribution in [2.75, 3.05) is 11.9 Å². The summed E-state index contributed by atoms with van der Waals surface area (Å²) in [7, 11) is 0. The molecule has 1 N–H and O–H groups in total. The van der Waals surface area contributed by atoms with Crippen LogP contribution in [0.2, 0.25) is 0 Å². The van der Waals surface area contributed by atoms with E-state index in [0.717, 1.165) is 30.1 Å². The van der Waals surface area contributed by atoms with Crippen molar-refractivity contribution in [3.63, 3.8) is 0 Å². The maximum absolute atomic E-state index is 12.6. The molecule has 0 aromatic rings. The third-order valence-corrected chi connectivity index (χ3v) is 6.65. The van der Waals surface area contributed by atoms with Gasteiger partial charge in [0.2, 0.25) is 5.91 Å². The van der Waals surface area contributed by atoms with E-state index in [-0.39, 0.29) is 0 Å². The van der Waals surface area contributed by atoms with E-state index in [1.165, 1.54) is 38.5 Å². The van der Waals surface area contributed by atoms with Gasteiger partial charge in [0, 0.05) is 17.8 Å². The summed E-state index contributed by atoms with van der Waals surface area (Å²) in [6, 6.07) is 0. The summed E-state index contributed by atoms with van der Waals surface area (Å²) in [4.78, 5) is 12.6. The van der Waals surface area contributed by atoms with Crippen LogP contribution in [-0.2, 0) is 4.79 Å². The molecule has 0 aromatic heterocycles. The van der Waals surface area contributed by atoms with E-state index in [0.29, 0.717) is 29.6 Å². The summed E-state index contributed by atoms with van der Waals surface area (Å²) in [5.41, 5.74) is 0. The Morgan fingerprint density at radius 3 is 2.25 bits per heavy atom. The van der Waals surface area contributed by atoms with Gasteiger partial charge in [0.25, 0.3) is 0 Å². The molecule has 20 heavy (non-hydrogen) atoms. The monoisotopic (exact) mass is 341 g/mol. The van der Waals surface area contributed by atoms with Gasteiger partial charge >= 0.3 is 0 Å². The number of carbonyl (C=O) groups excluding carboxylic acids is 1. The van der Waals surface area contributed by atoms with Crippen molar-refractivity contribution in [1.82, 2.24) is 5.32 Å². The molecule has 2 nitrogen and oxygen atoms in total. The minimum absolute atomic E-state index is 0.351. The number of alkyl halides is 1. The molecule has 4 fully saturated rings. The molecule has 0 heterocycles. The largest absolute Gasteiger partial charge is 0.356 e. The fourth-order valence-corrected chi connectivity index (χ4v) is 5.97. The molecule has 0 saturated heterocycles. The SMILES string of the molecule is CCC(CCBr)CNC(=O)C1C2CC3CC(C2)CC1C3. The highest BCUT2D eigenvalue weighted by molar-refractivity contribution is 9.09. The van der Waals surface area contributed by atoms with Crippen LogP contribution in [-0.4, -0.2) is 17.8 Å². The topological polar surface area (TPSA) is 29.1 Å². The van der Waals surface area contributed by atoms with Gasteiger partial charge in [0.15, 0.2) is 0 Å². The molecular weight excluding hydrogens is 314 g/mol. The molecular formula is C17H28BrNO. The zero-order valence-electron chi connectivity index (χ0n) is 12.6. The molecule has 4 bridgehead atoms. The van der Waals surface area contributed by atoms with E-state index in [4.69, 9.17) is 0 Å². The van der Waals surface area contributed by atoms with Gasteiger partial charge < -0.3 is 5.32 Å². The molecule has 4 aliphatic rings. The molecule has 0 aliphatic heterocycles. The number of hydrogen-bond acceptors (Lipinski definition) is 1. The Balaban J connectivity index is 1.55. The first-order chi connectivity index (χ1) is 9.71. The maximum Gasteiger partial charge on any atom is 0.223 e. The first-order valence-corrected chi connectivity index (χ1v) is 9.67. The van der Waals surface area contributed by atoms with Crippen molar-refractivity contribution in [2.45, 2.75) is 51.9 Å². The first kappa shape index (κ1) is 14.9. The number of amides is 1. The van der Waals surface area contributed by atoms with E-state index in [9.17, 15) is 4.79 Å². The van der Waals surface area contributed by atoms with Gasteiger partial charge in [-0.1, -0.05) is 29.3 Å². The average molecular weight is 342 g/mol. The Morgan fingerprint density at radius 1 is 1.15 bits per heavy atom. The number of halogens is 1. The van der Waals surface area contributed by atoms with Crippen LogP contribution in [0.15, 0.2) is 0 Å². The molecule has 4 rings (SSSR count). The second-order valence-electron chi connectivity index (χ2n) is 7.45. The van der Waals surface area contributed by atoms with Gasteiger partial charge in [-0.05, 0) is 68.1 Å².